The molecule has 0 atom stereocenters. The first-order valence-corrected chi connectivity index (χ1v) is 9.92. The molecule has 0 aromatic heterocycles. The lowest BCUT2D eigenvalue weighted by Gasteiger charge is -2.34. The van der Waals surface area contributed by atoms with E-state index >= 15 is 0 Å². The van der Waals surface area contributed by atoms with Crippen LogP contribution in [0.5, 0.6) is 0 Å². The standard InChI is InChI=1S/C21H22ClFN4O3/c22-16-3-1-15(2-4-16)21(30)27-13-11-26(12-14-27)10-9-24-19(28)20(29)25-18-7-5-17(23)6-8-18/h1-8H,9-14H2,(H,24,28)(H,25,29). The van der Waals surface area contributed by atoms with E-state index in [2.05, 4.69) is 15.5 Å². The summed E-state index contributed by atoms with van der Waals surface area (Å²) in [6, 6.07) is 12.0. The van der Waals surface area contributed by atoms with Gasteiger partial charge in [-0.05, 0) is 48.5 Å². The second kappa shape index (κ2) is 10.2. The fourth-order valence-electron chi connectivity index (χ4n) is 3.08. The van der Waals surface area contributed by atoms with Gasteiger partial charge in [-0.1, -0.05) is 11.6 Å². The number of nitrogens with zero attached hydrogens (tertiary/aromatic N) is 2. The Bertz CT molecular complexity index is 897. The second-order valence-corrected chi connectivity index (χ2v) is 7.29. The van der Waals surface area contributed by atoms with Crippen molar-refractivity contribution < 1.29 is 18.8 Å². The van der Waals surface area contributed by atoms with Crippen LogP contribution in [-0.4, -0.2) is 66.8 Å². The summed E-state index contributed by atoms with van der Waals surface area (Å²) >= 11 is 5.86. The predicted octanol–water partition coefficient (Wildman–Crippen LogP) is 1.99. The molecule has 0 unspecified atom stereocenters. The number of hydrogen-bond donors (Lipinski definition) is 2. The molecule has 0 aliphatic carbocycles. The van der Waals surface area contributed by atoms with Crippen molar-refractivity contribution in [3.8, 4) is 0 Å². The maximum Gasteiger partial charge on any atom is 0.313 e. The summed E-state index contributed by atoms with van der Waals surface area (Å²) in [5, 5.41) is 5.57. The summed E-state index contributed by atoms with van der Waals surface area (Å²) in [6.45, 7) is 3.40. The van der Waals surface area contributed by atoms with E-state index < -0.39 is 17.6 Å². The Hall–Kier alpha value is -2.97. The van der Waals surface area contributed by atoms with Crippen molar-refractivity contribution in [1.29, 1.82) is 0 Å². The third-order valence-electron chi connectivity index (χ3n) is 4.77. The molecule has 1 fully saturated rings. The quantitative estimate of drug-likeness (QED) is 0.708. The predicted molar refractivity (Wildman–Crippen MR) is 112 cm³/mol. The molecule has 3 amide bonds. The molecule has 30 heavy (non-hydrogen) atoms. The van der Waals surface area contributed by atoms with Gasteiger partial charge in [-0.25, -0.2) is 4.39 Å². The molecule has 2 N–H and O–H groups in total. The van der Waals surface area contributed by atoms with Crippen molar-refractivity contribution in [1.82, 2.24) is 15.1 Å². The van der Waals surface area contributed by atoms with Gasteiger partial charge in [0.25, 0.3) is 5.91 Å². The highest BCUT2D eigenvalue weighted by Gasteiger charge is 2.22. The molecule has 0 radical (unpaired) electrons. The van der Waals surface area contributed by atoms with Crippen LogP contribution in [0.25, 0.3) is 0 Å². The van der Waals surface area contributed by atoms with Crippen LogP contribution in [0, 0.1) is 5.82 Å². The van der Waals surface area contributed by atoms with Crippen LogP contribution in [0.3, 0.4) is 0 Å². The van der Waals surface area contributed by atoms with Gasteiger partial charge in [-0.3, -0.25) is 19.3 Å². The van der Waals surface area contributed by atoms with Crippen LogP contribution in [0.15, 0.2) is 48.5 Å². The molecule has 3 rings (SSSR count). The summed E-state index contributed by atoms with van der Waals surface area (Å²) in [5.74, 6) is -2.01. The molecule has 9 heteroatoms. The van der Waals surface area contributed by atoms with E-state index in [0.29, 0.717) is 55.5 Å². The van der Waals surface area contributed by atoms with Gasteiger partial charge in [0.15, 0.2) is 0 Å². The zero-order valence-electron chi connectivity index (χ0n) is 16.2. The van der Waals surface area contributed by atoms with Gasteiger partial charge < -0.3 is 15.5 Å². The van der Waals surface area contributed by atoms with Gasteiger partial charge in [0.2, 0.25) is 0 Å². The van der Waals surface area contributed by atoms with Crippen LogP contribution in [0.1, 0.15) is 10.4 Å². The molecule has 158 valence electrons. The molecule has 7 nitrogen and oxygen atoms in total. The van der Waals surface area contributed by atoms with Crippen molar-refractivity contribution in [3.05, 3.63) is 64.9 Å². The average molecular weight is 433 g/mol. The van der Waals surface area contributed by atoms with E-state index in [1.54, 1.807) is 29.2 Å². The van der Waals surface area contributed by atoms with Gasteiger partial charge in [-0.2, -0.15) is 0 Å². The molecule has 1 saturated heterocycles. The van der Waals surface area contributed by atoms with Crippen LogP contribution >= 0.6 is 11.6 Å². The van der Waals surface area contributed by atoms with Gasteiger partial charge in [-0.15, -0.1) is 0 Å². The van der Waals surface area contributed by atoms with Crippen LogP contribution < -0.4 is 10.6 Å². The van der Waals surface area contributed by atoms with Crippen LogP contribution in [-0.2, 0) is 9.59 Å². The zero-order chi connectivity index (χ0) is 21.5. The van der Waals surface area contributed by atoms with Gasteiger partial charge in [0.1, 0.15) is 5.82 Å². The molecular weight excluding hydrogens is 411 g/mol. The van der Waals surface area contributed by atoms with Crippen LogP contribution in [0.2, 0.25) is 5.02 Å². The highest BCUT2D eigenvalue weighted by Crippen LogP contribution is 2.13. The number of carbonyl (C=O) groups excluding carboxylic acids is 3. The highest BCUT2D eigenvalue weighted by atomic mass is 35.5. The maximum absolute atomic E-state index is 12.9. The van der Waals surface area contributed by atoms with Crippen LogP contribution in [0.4, 0.5) is 10.1 Å². The summed E-state index contributed by atoms with van der Waals surface area (Å²) in [6.07, 6.45) is 0. The number of anilines is 1. The minimum absolute atomic E-state index is 0.0305. The number of nitrogens with one attached hydrogen (secondary N) is 2. The van der Waals surface area contributed by atoms with Crippen molar-refractivity contribution in [2.75, 3.05) is 44.6 Å². The average Bonchev–Trinajstić information content (AvgIpc) is 2.76. The van der Waals surface area contributed by atoms with Crippen molar-refractivity contribution in [2.45, 2.75) is 0 Å². The number of rotatable bonds is 5. The van der Waals surface area contributed by atoms with E-state index in [-0.39, 0.29) is 5.91 Å². The van der Waals surface area contributed by atoms with Gasteiger partial charge >= 0.3 is 11.8 Å². The fraction of sp³-hybridized carbons (Fsp3) is 0.286. The Labute approximate surface area is 178 Å². The molecule has 0 spiro atoms. The van der Waals surface area contributed by atoms with E-state index in [1.165, 1.54) is 24.3 Å². The number of benzene rings is 2. The maximum atomic E-state index is 12.9. The first-order chi connectivity index (χ1) is 14.4. The first kappa shape index (κ1) is 21.7. The Kier molecular flexibility index (Phi) is 7.37. The van der Waals surface area contributed by atoms with Gasteiger partial charge in [0, 0.05) is 55.5 Å². The summed E-state index contributed by atoms with van der Waals surface area (Å²) in [7, 11) is 0. The minimum Gasteiger partial charge on any atom is -0.347 e. The summed E-state index contributed by atoms with van der Waals surface area (Å²) in [4.78, 5) is 40.2. The van der Waals surface area contributed by atoms with Gasteiger partial charge in [0.05, 0.1) is 0 Å². The third-order valence-corrected chi connectivity index (χ3v) is 5.02. The lowest BCUT2D eigenvalue weighted by Crippen LogP contribution is -2.50. The number of halogens is 2. The normalized spacial score (nSPS) is 14.3. The fourth-order valence-corrected chi connectivity index (χ4v) is 3.20. The minimum atomic E-state index is -0.806. The SMILES string of the molecule is O=C(NCCN1CCN(C(=O)c2ccc(Cl)cc2)CC1)C(=O)Nc1ccc(F)cc1. The number of amides is 3. The smallest absolute Gasteiger partial charge is 0.313 e. The lowest BCUT2D eigenvalue weighted by atomic mass is 10.2. The molecule has 0 saturated carbocycles. The molecule has 1 heterocycles. The van der Waals surface area contributed by atoms with Crippen molar-refractivity contribution in [2.24, 2.45) is 0 Å². The topological polar surface area (TPSA) is 81.8 Å². The molecule has 0 bridgehead atoms. The monoisotopic (exact) mass is 432 g/mol. The molecule has 1 aliphatic heterocycles. The molecule has 2 aromatic rings. The lowest BCUT2D eigenvalue weighted by molar-refractivity contribution is -0.136. The molecule has 2 aromatic carbocycles. The number of hydrogen-bond acceptors (Lipinski definition) is 4. The summed E-state index contributed by atoms with van der Waals surface area (Å²) < 4.78 is 12.9. The summed E-state index contributed by atoms with van der Waals surface area (Å²) in [5.41, 5.74) is 0.949. The Morgan fingerprint density at radius 2 is 1.53 bits per heavy atom. The largest absolute Gasteiger partial charge is 0.347 e. The van der Waals surface area contributed by atoms with E-state index in [1.807, 2.05) is 0 Å². The second-order valence-electron chi connectivity index (χ2n) is 6.86. The molecular formula is C21H22ClFN4O3. The molecule has 1 aliphatic rings. The van der Waals surface area contributed by atoms with E-state index in [4.69, 9.17) is 11.6 Å². The first-order valence-electron chi connectivity index (χ1n) is 9.54. The third kappa shape index (κ3) is 6.01. The Morgan fingerprint density at radius 1 is 0.900 bits per heavy atom. The highest BCUT2D eigenvalue weighted by molar-refractivity contribution is 6.39. The number of piperazine rings is 1. The van der Waals surface area contributed by atoms with E-state index in [9.17, 15) is 18.8 Å². The van der Waals surface area contributed by atoms with Crippen molar-refractivity contribution >= 4 is 35.0 Å². The van der Waals surface area contributed by atoms with Crippen molar-refractivity contribution in [3.63, 3.8) is 0 Å². The number of carbonyl (C=O) groups is 3. The Balaban J connectivity index is 1.36. The Morgan fingerprint density at radius 3 is 2.17 bits per heavy atom. The van der Waals surface area contributed by atoms with E-state index in [0.717, 1.165) is 0 Å². The zero-order valence-corrected chi connectivity index (χ0v) is 17.0.